The van der Waals surface area contributed by atoms with Crippen molar-refractivity contribution in [1.82, 2.24) is 0 Å². The highest BCUT2D eigenvalue weighted by molar-refractivity contribution is 6.07. The molecule has 0 amide bonds. The zero-order valence-corrected chi connectivity index (χ0v) is 16.5. The Morgan fingerprint density at radius 2 is 1.66 bits per heavy atom. The van der Waals surface area contributed by atoms with Gasteiger partial charge in [0.05, 0.1) is 5.56 Å². The van der Waals surface area contributed by atoms with E-state index in [9.17, 15) is 19.8 Å². The molecule has 4 rings (SSSR count). The molecule has 0 saturated heterocycles. The molecule has 0 aromatic heterocycles. The van der Waals surface area contributed by atoms with Gasteiger partial charge in [-0.3, -0.25) is 4.79 Å². The molecular formula is C24H22O5. The van der Waals surface area contributed by atoms with E-state index in [0.717, 1.165) is 5.56 Å². The Balaban J connectivity index is 0.000000755. The number of rotatable bonds is 2. The number of aryl methyl sites for hydroxylation is 1. The van der Waals surface area contributed by atoms with Crippen LogP contribution in [0.4, 0.5) is 0 Å². The van der Waals surface area contributed by atoms with Gasteiger partial charge in [0.25, 0.3) is 0 Å². The number of fused-ring (bicyclic) bond motifs is 2. The first-order chi connectivity index (χ1) is 13.8. The van der Waals surface area contributed by atoms with Gasteiger partial charge >= 0.3 is 5.97 Å². The number of hydrogen-bond acceptors (Lipinski definition) is 4. The normalized spacial score (nSPS) is 10.6. The number of phenolic OH excluding ortho intramolecular Hbond substituents is 1. The third kappa shape index (κ3) is 3.99. The number of carboxylic acids is 1. The van der Waals surface area contributed by atoms with Crippen LogP contribution in [-0.4, -0.2) is 16.2 Å². The lowest BCUT2D eigenvalue weighted by Crippen LogP contribution is -2.03. The average Bonchev–Trinajstić information content (AvgIpc) is 2.66. The zero-order valence-electron chi connectivity index (χ0n) is 16.5. The summed E-state index contributed by atoms with van der Waals surface area (Å²) in [6.45, 7) is 6.08. The van der Waals surface area contributed by atoms with Crippen molar-refractivity contribution in [2.24, 2.45) is 0 Å². The molecule has 1 aliphatic heterocycles. The van der Waals surface area contributed by atoms with E-state index in [1.165, 1.54) is 30.7 Å². The monoisotopic (exact) mass is 390 g/mol. The van der Waals surface area contributed by atoms with Crippen LogP contribution in [0.25, 0.3) is 33.4 Å². The van der Waals surface area contributed by atoms with Crippen molar-refractivity contribution in [3.8, 4) is 28.2 Å². The minimum absolute atomic E-state index is 0.0205. The molecule has 0 fully saturated rings. The van der Waals surface area contributed by atoms with E-state index in [1.807, 2.05) is 13.0 Å². The molecule has 2 N–H and O–H groups in total. The molecule has 2 aliphatic rings. The van der Waals surface area contributed by atoms with E-state index in [2.05, 4.69) is 13.8 Å². The second-order valence-corrected chi connectivity index (χ2v) is 6.88. The Morgan fingerprint density at radius 3 is 2.34 bits per heavy atom. The fraction of sp³-hybridized carbons (Fsp3) is 0.167. The SMILES string of the molecule is CCC.Cc1ccc(-c2c3ccc(=O)cc-3oc3cc(O)ccc23)c(C(=O)O)c1. The third-order valence-electron chi connectivity index (χ3n) is 4.35. The Labute approximate surface area is 168 Å². The zero-order chi connectivity index (χ0) is 21.1. The minimum Gasteiger partial charge on any atom is -0.508 e. The molecule has 5 nitrogen and oxygen atoms in total. The molecule has 0 unspecified atom stereocenters. The largest absolute Gasteiger partial charge is 0.508 e. The summed E-state index contributed by atoms with van der Waals surface area (Å²) in [7, 11) is 0. The Kier molecular flexibility index (Phi) is 5.69. The summed E-state index contributed by atoms with van der Waals surface area (Å²) in [6.07, 6.45) is 1.25. The van der Waals surface area contributed by atoms with Crippen LogP contribution in [0, 0.1) is 6.92 Å². The molecule has 1 aliphatic carbocycles. The Hall–Kier alpha value is -3.60. The number of carboxylic acid groups (broad SMARTS) is 1. The number of benzene rings is 3. The molecule has 148 valence electrons. The number of hydrogen-bond donors (Lipinski definition) is 2. The highest BCUT2D eigenvalue weighted by atomic mass is 16.4. The lowest BCUT2D eigenvalue weighted by atomic mass is 9.90. The van der Waals surface area contributed by atoms with Gasteiger partial charge in [-0.15, -0.1) is 0 Å². The predicted octanol–water partition coefficient (Wildman–Crippen LogP) is 5.69. The molecule has 5 heteroatoms. The summed E-state index contributed by atoms with van der Waals surface area (Å²) >= 11 is 0. The Bertz CT molecular complexity index is 1220. The van der Waals surface area contributed by atoms with Crippen LogP contribution < -0.4 is 5.43 Å². The second-order valence-electron chi connectivity index (χ2n) is 6.88. The summed E-state index contributed by atoms with van der Waals surface area (Å²) in [5, 5.41) is 20.1. The van der Waals surface area contributed by atoms with E-state index < -0.39 is 5.97 Å². The van der Waals surface area contributed by atoms with Gasteiger partial charge < -0.3 is 14.6 Å². The van der Waals surface area contributed by atoms with Crippen LogP contribution in [-0.2, 0) is 0 Å². The number of aromatic carboxylic acids is 1. The maximum atomic E-state index is 11.8. The van der Waals surface area contributed by atoms with Crippen LogP contribution in [0.15, 0.2) is 63.8 Å². The first-order valence-electron chi connectivity index (χ1n) is 9.39. The van der Waals surface area contributed by atoms with Crippen molar-refractivity contribution in [2.45, 2.75) is 27.2 Å². The van der Waals surface area contributed by atoms with Crippen molar-refractivity contribution in [2.75, 3.05) is 0 Å². The smallest absolute Gasteiger partial charge is 0.336 e. The van der Waals surface area contributed by atoms with Gasteiger partial charge in [-0.25, -0.2) is 4.79 Å². The topological polar surface area (TPSA) is 87.7 Å². The standard InChI is InChI=1S/C21H14O5.C3H8/c1-11-2-5-14(17(8-11)21(24)25)20-15-6-3-12(22)9-18(15)26-19-10-13(23)4-7-16(19)20;1-3-2/h2-10,22H,1H3,(H,24,25);3H2,1-2H3. The molecule has 1 heterocycles. The van der Waals surface area contributed by atoms with Gasteiger partial charge in [0, 0.05) is 28.6 Å². The summed E-state index contributed by atoms with van der Waals surface area (Å²) in [4.78, 5) is 23.6. The van der Waals surface area contributed by atoms with E-state index in [0.29, 0.717) is 33.4 Å². The predicted molar refractivity (Wildman–Crippen MR) is 114 cm³/mol. The molecule has 2 aromatic rings. The third-order valence-corrected chi connectivity index (χ3v) is 4.35. The van der Waals surface area contributed by atoms with Crippen LogP contribution in [0.3, 0.4) is 0 Å². The fourth-order valence-corrected chi connectivity index (χ4v) is 3.20. The van der Waals surface area contributed by atoms with Crippen molar-refractivity contribution < 1.29 is 19.4 Å². The number of carbonyl (C=O) groups is 1. The van der Waals surface area contributed by atoms with Gasteiger partial charge in [-0.1, -0.05) is 38.0 Å². The summed E-state index contributed by atoms with van der Waals surface area (Å²) in [5.74, 6) is -0.681. The van der Waals surface area contributed by atoms with Gasteiger partial charge in [0.15, 0.2) is 5.43 Å². The summed E-state index contributed by atoms with van der Waals surface area (Å²) < 4.78 is 5.79. The van der Waals surface area contributed by atoms with Crippen molar-refractivity contribution >= 4 is 16.9 Å². The first-order valence-corrected chi connectivity index (χ1v) is 9.39. The van der Waals surface area contributed by atoms with Gasteiger partial charge in [0.2, 0.25) is 0 Å². The average molecular weight is 390 g/mol. The van der Waals surface area contributed by atoms with Gasteiger partial charge in [-0.05, 0) is 42.8 Å². The molecule has 0 bridgehead atoms. The molecular weight excluding hydrogens is 368 g/mol. The van der Waals surface area contributed by atoms with Crippen LogP contribution in [0.1, 0.15) is 36.2 Å². The molecule has 29 heavy (non-hydrogen) atoms. The van der Waals surface area contributed by atoms with Crippen LogP contribution in [0.5, 0.6) is 5.75 Å². The maximum absolute atomic E-state index is 11.8. The molecule has 0 atom stereocenters. The van der Waals surface area contributed by atoms with Gasteiger partial charge in [0.1, 0.15) is 17.1 Å². The van der Waals surface area contributed by atoms with Crippen LogP contribution >= 0.6 is 0 Å². The number of phenols is 1. The highest BCUT2D eigenvalue weighted by Crippen LogP contribution is 2.41. The molecule has 0 spiro atoms. The van der Waals surface area contributed by atoms with E-state index in [-0.39, 0.29) is 16.7 Å². The van der Waals surface area contributed by atoms with E-state index in [1.54, 1.807) is 24.3 Å². The summed E-state index contributed by atoms with van der Waals surface area (Å²) in [5.41, 5.74) is 2.97. The maximum Gasteiger partial charge on any atom is 0.336 e. The first kappa shape index (κ1) is 20.1. The van der Waals surface area contributed by atoms with Crippen molar-refractivity contribution in [1.29, 1.82) is 0 Å². The highest BCUT2D eigenvalue weighted by Gasteiger charge is 2.21. The lowest BCUT2D eigenvalue weighted by molar-refractivity contribution is 0.0697. The van der Waals surface area contributed by atoms with Crippen molar-refractivity contribution in [3.05, 3.63) is 75.9 Å². The molecule has 2 aromatic carbocycles. The van der Waals surface area contributed by atoms with E-state index >= 15 is 0 Å². The minimum atomic E-state index is -1.04. The lowest BCUT2D eigenvalue weighted by Gasteiger charge is -2.17. The quantitative estimate of drug-likeness (QED) is 0.429. The van der Waals surface area contributed by atoms with E-state index in [4.69, 9.17) is 4.42 Å². The van der Waals surface area contributed by atoms with Crippen molar-refractivity contribution in [3.63, 3.8) is 0 Å². The molecule has 0 radical (unpaired) electrons. The van der Waals surface area contributed by atoms with Gasteiger partial charge in [-0.2, -0.15) is 0 Å². The summed E-state index contributed by atoms with van der Waals surface area (Å²) in [6, 6.07) is 14.3. The fourth-order valence-electron chi connectivity index (χ4n) is 3.20. The number of aromatic hydroxyl groups is 1. The Morgan fingerprint density at radius 1 is 0.966 bits per heavy atom. The molecule has 0 saturated carbocycles. The van der Waals surface area contributed by atoms with Crippen LogP contribution in [0.2, 0.25) is 0 Å². The second kappa shape index (κ2) is 8.19.